The summed E-state index contributed by atoms with van der Waals surface area (Å²) in [7, 11) is 0. The first-order chi connectivity index (χ1) is 14.9. The highest BCUT2D eigenvalue weighted by atomic mass is 19.4. The van der Waals surface area contributed by atoms with E-state index in [4.69, 9.17) is 4.74 Å². The van der Waals surface area contributed by atoms with E-state index in [0.717, 1.165) is 25.0 Å². The van der Waals surface area contributed by atoms with E-state index in [1.54, 1.807) is 11.0 Å². The monoisotopic (exact) mass is 433 g/mol. The lowest BCUT2D eigenvalue weighted by Gasteiger charge is -2.34. The Balaban J connectivity index is 1.53. The summed E-state index contributed by atoms with van der Waals surface area (Å²) in [5.74, 6) is 0.560. The van der Waals surface area contributed by atoms with Crippen molar-refractivity contribution >= 4 is 5.91 Å². The molecule has 0 N–H and O–H groups in total. The highest BCUT2D eigenvalue weighted by Crippen LogP contribution is 2.34. The molecule has 0 radical (unpaired) electrons. The van der Waals surface area contributed by atoms with E-state index in [1.807, 2.05) is 0 Å². The lowest BCUT2D eigenvalue weighted by atomic mass is 9.86. The Morgan fingerprint density at radius 1 is 1.13 bits per heavy atom. The molecule has 0 spiro atoms. The number of morpholine rings is 1. The number of nitrogens with zero attached hydrogens (tertiary/aromatic N) is 3. The van der Waals surface area contributed by atoms with E-state index >= 15 is 0 Å². The van der Waals surface area contributed by atoms with Crippen LogP contribution in [-0.2, 0) is 15.7 Å². The maximum Gasteiger partial charge on any atom is 0.416 e. The van der Waals surface area contributed by atoms with Crippen LogP contribution in [0.25, 0.3) is 11.3 Å². The summed E-state index contributed by atoms with van der Waals surface area (Å²) in [5.41, 5.74) is 0.389. The van der Waals surface area contributed by atoms with Crippen LogP contribution in [0, 0.1) is 5.92 Å². The number of ether oxygens (including phenoxy) is 1. The van der Waals surface area contributed by atoms with E-state index in [1.165, 1.54) is 37.7 Å². The second-order valence-electron chi connectivity index (χ2n) is 8.28. The number of rotatable bonds is 4. The van der Waals surface area contributed by atoms with Gasteiger partial charge >= 0.3 is 6.18 Å². The highest BCUT2D eigenvalue weighted by Gasteiger charge is 2.32. The minimum atomic E-state index is -4.44. The summed E-state index contributed by atoms with van der Waals surface area (Å²) in [6.45, 7) is 1.21. The van der Waals surface area contributed by atoms with Crippen LogP contribution >= 0.6 is 0 Å². The molecule has 1 aliphatic carbocycles. The summed E-state index contributed by atoms with van der Waals surface area (Å²) in [6.07, 6.45) is 4.35. The van der Waals surface area contributed by atoms with Crippen molar-refractivity contribution < 1.29 is 22.7 Å². The van der Waals surface area contributed by atoms with E-state index < -0.39 is 17.8 Å². The summed E-state index contributed by atoms with van der Waals surface area (Å²) < 4.78 is 45.4. The second kappa shape index (κ2) is 9.34. The van der Waals surface area contributed by atoms with Crippen molar-refractivity contribution in [3.8, 4) is 11.3 Å². The number of carbonyl (C=O) groups excluding carboxylic acids is 1. The molecule has 0 bridgehead atoms. The van der Waals surface area contributed by atoms with Crippen molar-refractivity contribution in [2.75, 3.05) is 19.7 Å². The third-order valence-electron chi connectivity index (χ3n) is 6.10. The van der Waals surface area contributed by atoms with Gasteiger partial charge in [0.25, 0.3) is 0 Å². The molecule has 1 atom stereocenters. The highest BCUT2D eigenvalue weighted by molar-refractivity contribution is 5.76. The van der Waals surface area contributed by atoms with Crippen molar-refractivity contribution in [2.45, 2.75) is 50.8 Å². The number of hydrogen-bond donors (Lipinski definition) is 0. The Labute approximate surface area is 179 Å². The van der Waals surface area contributed by atoms with Gasteiger partial charge in [-0.1, -0.05) is 31.4 Å². The number of alkyl halides is 3. The molecule has 2 aliphatic rings. The zero-order chi connectivity index (χ0) is 21.8. The van der Waals surface area contributed by atoms with Crippen LogP contribution in [0.3, 0.4) is 0 Å². The van der Waals surface area contributed by atoms with Crippen molar-refractivity contribution in [3.05, 3.63) is 47.9 Å². The van der Waals surface area contributed by atoms with Crippen LogP contribution in [-0.4, -0.2) is 40.5 Å². The summed E-state index contributed by atoms with van der Waals surface area (Å²) >= 11 is 0. The molecule has 5 nitrogen and oxygen atoms in total. The van der Waals surface area contributed by atoms with E-state index in [2.05, 4.69) is 9.97 Å². The molecule has 1 aliphatic heterocycles. The molecular weight excluding hydrogens is 407 g/mol. The van der Waals surface area contributed by atoms with Gasteiger partial charge in [0, 0.05) is 30.9 Å². The predicted molar refractivity (Wildman–Crippen MR) is 109 cm³/mol. The lowest BCUT2D eigenvalue weighted by Crippen LogP contribution is -2.43. The zero-order valence-electron chi connectivity index (χ0n) is 17.3. The Kier molecular flexibility index (Phi) is 6.55. The van der Waals surface area contributed by atoms with Crippen LogP contribution in [0.4, 0.5) is 13.2 Å². The van der Waals surface area contributed by atoms with Crippen LogP contribution in [0.15, 0.2) is 36.7 Å². The maximum absolute atomic E-state index is 13.2. The van der Waals surface area contributed by atoms with Gasteiger partial charge in [-0.25, -0.2) is 0 Å². The number of benzene rings is 1. The van der Waals surface area contributed by atoms with Gasteiger partial charge in [0.2, 0.25) is 5.91 Å². The van der Waals surface area contributed by atoms with Crippen LogP contribution in [0.1, 0.15) is 55.9 Å². The summed E-state index contributed by atoms with van der Waals surface area (Å²) in [4.78, 5) is 23.3. The largest absolute Gasteiger partial charge is 0.416 e. The summed E-state index contributed by atoms with van der Waals surface area (Å²) in [5, 5.41) is 0. The van der Waals surface area contributed by atoms with Crippen LogP contribution in [0.2, 0.25) is 0 Å². The van der Waals surface area contributed by atoms with Gasteiger partial charge in [-0.15, -0.1) is 0 Å². The predicted octanol–water partition coefficient (Wildman–Crippen LogP) is 5.03. The first-order valence-electron chi connectivity index (χ1n) is 10.8. The average molecular weight is 433 g/mol. The lowest BCUT2D eigenvalue weighted by molar-refractivity contribution is -0.140. The van der Waals surface area contributed by atoms with Crippen LogP contribution in [0.5, 0.6) is 0 Å². The fourth-order valence-electron chi connectivity index (χ4n) is 4.46. The molecule has 1 saturated heterocycles. The van der Waals surface area contributed by atoms with Gasteiger partial charge in [-0.05, 0) is 30.9 Å². The molecule has 1 aromatic heterocycles. The van der Waals surface area contributed by atoms with E-state index in [9.17, 15) is 18.0 Å². The average Bonchev–Trinajstić information content (AvgIpc) is 2.79. The van der Waals surface area contributed by atoms with Gasteiger partial charge in [0.05, 0.1) is 30.1 Å². The normalized spacial score (nSPS) is 20.6. The number of hydrogen-bond acceptors (Lipinski definition) is 4. The van der Waals surface area contributed by atoms with Crippen molar-refractivity contribution in [1.29, 1.82) is 0 Å². The van der Waals surface area contributed by atoms with Crippen molar-refractivity contribution in [2.24, 2.45) is 5.92 Å². The first-order valence-corrected chi connectivity index (χ1v) is 10.8. The van der Waals surface area contributed by atoms with Gasteiger partial charge in [0.15, 0.2) is 0 Å². The molecule has 0 unspecified atom stereocenters. The van der Waals surface area contributed by atoms with Gasteiger partial charge in [-0.2, -0.15) is 13.2 Å². The molecule has 2 heterocycles. The second-order valence-corrected chi connectivity index (χ2v) is 8.28. The topological polar surface area (TPSA) is 55.3 Å². The third kappa shape index (κ3) is 5.23. The van der Waals surface area contributed by atoms with E-state index in [0.29, 0.717) is 49.0 Å². The van der Waals surface area contributed by atoms with Gasteiger partial charge in [-0.3, -0.25) is 14.8 Å². The molecule has 1 saturated carbocycles. The fraction of sp³-hybridized carbons (Fsp3) is 0.522. The minimum absolute atomic E-state index is 0.115. The molecule has 8 heteroatoms. The minimum Gasteiger partial charge on any atom is -0.368 e. The summed E-state index contributed by atoms with van der Waals surface area (Å²) in [6, 6.07) is 5.04. The molecule has 1 amide bonds. The Bertz CT molecular complexity index is 913. The third-order valence-corrected chi connectivity index (χ3v) is 6.10. The Hall–Kier alpha value is -2.48. The number of carbonyl (C=O) groups is 1. The van der Waals surface area contributed by atoms with Gasteiger partial charge in [0.1, 0.15) is 6.10 Å². The Morgan fingerprint density at radius 2 is 1.90 bits per heavy atom. The number of halogens is 3. The van der Waals surface area contributed by atoms with Crippen LogP contribution < -0.4 is 0 Å². The van der Waals surface area contributed by atoms with Crippen molar-refractivity contribution in [1.82, 2.24) is 14.9 Å². The van der Waals surface area contributed by atoms with E-state index in [-0.39, 0.29) is 5.91 Å². The fourth-order valence-corrected chi connectivity index (χ4v) is 4.46. The SMILES string of the molecule is O=C(CC1CCCCC1)N1CCO[C@H](c2nccnc2-c2cccc(C(F)(F)F)c2)C1. The first kappa shape index (κ1) is 21.7. The maximum atomic E-state index is 13.2. The quantitative estimate of drug-likeness (QED) is 0.679. The molecule has 166 valence electrons. The smallest absolute Gasteiger partial charge is 0.368 e. The standard InChI is InChI=1S/C23H26F3N3O2/c24-23(25,26)18-8-4-7-17(14-18)21-22(28-10-9-27-21)19-15-29(11-12-31-19)20(30)13-16-5-2-1-3-6-16/h4,7-10,14,16,19H,1-3,5-6,11-13,15H2/t19-/m0/s1. The van der Waals surface area contributed by atoms with Crippen molar-refractivity contribution in [3.63, 3.8) is 0 Å². The Morgan fingerprint density at radius 3 is 2.68 bits per heavy atom. The molecular formula is C23H26F3N3O2. The zero-order valence-corrected chi connectivity index (χ0v) is 17.3. The molecule has 31 heavy (non-hydrogen) atoms. The van der Waals surface area contributed by atoms with Gasteiger partial charge < -0.3 is 9.64 Å². The number of amides is 1. The molecule has 2 aromatic rings. The molecule has 1 aromatic carbocycles. The molecule has 4 rings (SSSR count). The number of aromatic nitrogens is 2. The molecule has 2 fully saturated rings.